The largest absolute Gasteiger partial charge is 0.414 e. The molecule has 2 heteroatoms. The molecule has 200 valence electrons. The molecule has 4 aliphatic rings. The maximum Gasteiger partial charge on any atom is 0.192 e. The van der Waals surface area contributed by atoms with Crippen LogP contribution in [0.3, 0.4) is 0 Å². The summed E-state index contributed by atoms with van der Waals surface area (Å²) in [4.78, 5) is 0. The first-order chi connectivity index (χ1) is 16.6. The van der Waals surface area contributed by atoms with Crippen LogP contribution in [0.25, 0.3) is 0 Å². The Morgan fingerprint density at radius 3 is 2.26 bits per heavy atom. The van der Waals surface area contributed by atoms with Crippen LogP contribution in [0, 0.1) is 40.4 Å². The highest BCUT2D eigenvalue weighted by molar-refractivity contribution is 6.73. The van der Waals surface area contributed by atoms with E-state index in [1.165, 1.54) is 82.3 Å². The van der Waals surface area contributed by atoms with Gasteiger partial charge in [0.25, 0.3) is 0 Å². The Kier molecular flexibility index (Phi) is 8.54. The van der Waals surface area contributed by atoms with Crippen molar-refractivity contribution in [1.82, 2.24) is 0 Å². The van der Waals surface area contributed by atoms with Crippen LogP contribution >= 0.6 is 0 Å². The van der Waals surface area contributed by atoms with Gasteiger partial charge >= 0.3 is 0 Å². The number of rotatable bonds is 10. The van der Waals surface area contributed by atoms with Gasteiger partial charge < -0.3 is 4.43 Å². The molecule has 4 rings (SSSR count). The van der Waals surface area contributed by atoms with E-state index in [4.69, 9.17) is 4.43 Å². The topological polar surface area (TPSA) is 9.23 Å². The summed E-state index contributed by atoms with van der Waals surface area (Å²) in [6, 6.07) is 3.82. The molecule has 4 aliphatic carbocycles. The van der Waals surface area contributed by atoms with Gasteiger partial charge in [0, 0.05) is 6.10 Å². The minimum Gasteiger partial charge on any atom is -0.414 e. The Balaban J connectivity index is 1.49. The minimum absolute atomic E-state index is 0.390. The molecule has 7 atom stereocenters. The molecule has 0 spiro atoms. The molecule has 35 heavy (non-hydrogen) atoms. The van der Waals surface area contributed by atoms with Crippen LogP contribution in [0.15, 0.2) is 23.3 Å². The van der Waals surface area contributed by atoms with E-state index in [0.717, 1.165) is 29.6 Å². The van der Waals surface area contributed by atoms with E-state index in [0.29, 0.717) is 16.9 Å². The van der Waals surface area contributed by atoms with Crippen molar-refractivity contribution in [3.63, 3.8) is 0 Å². The van der Waals surface area contributed by atoms with Crippen molar-refractivity contribution in [3.05, 3.63) is 23.3 Å². The highest BCUT2D eigenvalue weighted by atomic mass is 28.4. The van der Waals surface area contributed by atoms with Crippen LogP contribution in [0.5, 0.6) is 0 Å². The first kappa shape index (κ1) is 27.7. The molecule has 3 fully saturated rings. The van der Waals surface area contributed by atoms with Gasteiger partial charge in [-0.3, -0.25) is 0 Å². The Hall–Kier alpha value is -0.343. The second-order valence-corrected chi connectivity index (χ2v) is 18.9. The third kappa shape index (κ3) is 5.06. The second-order valence-electron chi connectivity index (χ2n) is 14.1. The molecule has 0 aromatic rings. The lowest BCUT2D eigenvalue weighted by Crippen LogP contribution is -2.48. The molecule has 0 N–H and O–H groups in total. The summed E-state index contributed by atoms with van der Waals surface area (Å²) in [6.07, 6.45) is 19.6. The molecule has 0 bridgehead atoms. The van der Waals surface area contributed by atoms with E-state index in [1.54, 1.807) is 5.57 Å². The average Bonchev–Trinajstić information content (AvgIpc) is 3.20. The predicted octanol–water partition coefficient (Wildman–Crippen LogP) is 10.3. The molecule has 1 nitrogen and oxygen atoms in total. The molecule has 0 unspecified atom stereocenters. The summed E-state index contributed by atoms with van der Waals surface area (Å²) in [5.74, 6) is 4.30. The Morgan fingerprint density at radius 1 is 0.886 bits per heavy atom. The van der Waals surface area contributed by atoms with Gasteiger partial charge in [-0.05, 0) is 103 Å². The Morgan fingerprint density at radius 2 is 1.60 bits per heavy atom. The molecule has 0 aromatic heterocycles. The van der Waals surface area contributed by atoms with Crippen molar-refractivity contribution in [2.24, 2.45) is 40.4 Å². The highest BCUT2D eigenvalue weighted by Crippen LogP contribution is 2.66. The van der Waals surface area contributed by atoms with Crippen molar-refractivity contribution >= 4 is 8.32 Å². The van der Waals surface area contributed by atoms with Gasteiger partial charge in [0.2, 0.25) is 0 Å². The lowest BCUT2D eigenvalue weighted by atomic mass is 9.50. The first-order valence-corrected chi connectivity index (χ1v) is 18.2. The molecule has 0 amide bonds. The van der Waals surface area contributed by atoms with Gasteiger partial charge in [-0.15, -0.1) is 0 Å². The first-order valence-electron chi connectivity index (χ1n) is 15.7. The number of hydrogen-bond donors (Lipinski definition) is 0. The number of fused-ring (bicyclic) bond motifs is 5. The van der Waals surface area contributed by atoms with Crippen molar-refractivity contribution in [1.29, 1.82) is 0 Å². The monoisotopic (exact) mass is 498 g/mol. The quantitative estimate of drug-likeness (QED) is 0.272. The van der Waals surface area contributed by atoms with E-state index in [-0.39, 0.29) is 0 Å². The van der Waals surface area contributed by atoms with Crippen LogP contribution in [-0.4, -0.2) is 14.4 Å². The third-order valence-corrected chi connectivity index (χ3v) is 16.8. The van der Waals surface area contributed by atoms with Crippen LogP contribution in [-0.2, 0) is 4.43 Å². The molecule has 0 saturated heterocycles. The number of hydrogen-bond acceptors (Lipinski definition) is 1. The molecule has 3 saturated carbocycles. The lowest BCUT2D eigenvalue weighted by molar-refractivity contribution is 0.0345. The number of allylic oxidation sites excluding steroid dienone is 3. The Bertz CT molecular complexity index is 783. The molecular weight excluding hydrogens is 440 g/mol. The summed E-state index contributed by atoms with van der Waals surface area (Å²) < 4.78 is 7.01. The zero-order valence-electron chi connectivity index (χ0n) is 24.7. The second kappa shape index (κ2) is 10.8. The van der Waals surface area contributed by atoms with Crippen LogP contribution < -0.4 is 0 Å². The fraction of sp³-hybridized carbons (Fsp3) is 0.879. The maximum atomic E-state index is 7.01. The molecule has 0 aliphatic heterocycles. The molecule has 0 heterocycles. The molecule has 0 aromatic carbocycles. The summed E-state index contributed by atoms with van der Waals surface area (Å²) in [7, 11) is -1.53. The van der Waals surface area contributed by atoms with Gasteiger partial charge in [0.15, 0.2) is 8.32 Å². The maximum absolute atomic E-state index is 7.01. The normalized spacial score (nSPS) is 37.9. The van der Waals surface area contributed by atoms with E-state index in [2.05, 4.69) is 67.5 Å². The van der Waals surface area contributed by atoms with E-state index in [9.17, 15) is 0 Å². The van der Waals surface area contributed by atoms with Crippen molar-refractivity contribution in [2.75, 3.05) is 0 Å². The fourth-order valence-electron chi connectivity index (χ4n) is 9.45. The van der Waals surface area contributed by atoms with E-state index < -0.39 is 8.32 Å². The summed E-state index contributed by atoms with van der Waals surface area (Å²) in [5.41, 5.74) is 4.52. The average molecular weight is 499 g/mol. The molecular formula is C33H58OSi. The van der Waals surface area contributed by atoms with E-state index >= 15 is 0 Å². The molecule has 0 radical (unpaired) electrons. The summed E-state index contributed by atoms with van der Waals surface area (Å²) in [5, 5.41) is 0. The lowest BCUT2D eigenvalue weighted by Gasteiger charge is -2.55. The highest BCUT2D eigenvalue weighted by Gasteiger charge is 2.57. The summed E-state index contributed by atoms with van der Waals surface area (Å²) in [6.45, 7) is 19.8. The third-order valence-electron chi connectivity index (χ3n) is 12.1. The van der Waals surface area contributed by atoms with Crippen LogP contribution in [0.1, 0.15) is 120 Å². The zero-order valence-corrected chi connectivity index (χ0v) is 25.7. The van der Waals surface area contributed by atoms with Gasteiger partial charge in [-0.25, -0.2) is 0 Å². The van der Waals surface area contributed by atoms with Crippen molar-refractivity contribution in [2.45, 2.75) is 144 Å². The predicted molar refractivity (Wildman–Crippen MR) is 155 cm³/mol. The van der Waals surface area contributed by atoms with Crippen LogP contribution in [0.2, 0.25) is 18.1 Å². The van der Waals surface area contributed by atoms with Gasteiger partial charge in [0.1, 0.15) is 0 Å². The minimum atomic E-state index is -1.53. The van der Waals surface area contributed by atoms with Gasteiger partial charge in [-0.2, -0.15) is 0 Å². The zero-order chi connectivity index (χ0) is 25.4. The standard InChI is InChI=1S/C33H58OSi/c1-9-35(10-2,11-3)34-27-19-21-32(7)26(23-27)15-16-28-30-18-17-29(25(6)14-12-13-24(4)5)33(30,8)22-20-31(28)32/h15-16,24-25,27,29-31H,9-14,17-23H2,1-8H3/t25-,27+,29-,30+,31+,32+,33-/m1/s1. The smallest absolute Gasteiger partial charge is 0.192 e. The van der Waals surface area contributed by atoms with Crippen LogP contribution in [0.4, 0.5) is 0 Å². The van der Waals surface area contributed by atoms with E-state index in [1.807, 2.05) is 5.57 Å². The van der Waals surface area contributed by atoms with Gasteiger partial charge in [-0.1, -0.05) is 98.0 Å². The van der Waals surface area contributed by atoms with Crippen molar-refractivity contribution in [3.8, 4) is 0 Å². The fourth-order valence-corrected chi connectivity index (χ4v) is 12.4. The summed E-state index contributed by atoms with van der Waals surface area (Å²) >= 11 is 0. The van der Waals surface area contributed by atoms with Crippen molar-refractivity contribution < 1.29 is 4.43 Å². The Labute approximate surface area is 220 Å². The SMILES string of the molecule is CC[Si](CC)(CC)O[C@H]1CC[C@@]2(C)C(=CC=C3[C@@H]4CC[C@H]([C@H](C)CCCC(C)C)[C@@]4(C)CC[C@@H]32)C1. The van der Waals surface area contributed by atoms with Gasteiger partial charge in [0.05, 0.1) is 0 Å².